The number of hydrogen-bond acceptors (Lipinski definition) is 14. The van der Waals surface area contributed by atoms with Gasteiger partial charge in [0.2, 0.25) is 0 Å². The molecule has 0 aromatic heterocycles. The van der Waals surface area contributed by atoms with E-state index in [-0.39, 0.29) is 5.82 Å². The van der Waals surface area contributed by atoms with Crippen LogP contribution in [-0.2, 0) is 24.0 Å². The van der Waals surface area contributed by atoms with Gasteiger partial charge in [0.1, 0.15) is 29.8 Å². The summed E-state index contributed by atoms with van der Waals surface area (Å²) in [6.45, 7) is -0.650. The number of nitrogens with zero attached hydrogens (tertiary/aromatic N) is 3. The van der Waals surface area contributed by atoms with Crippen LogP contribution in [0.2, 0.25) is 0 Å². The molecule has 3 aliphatic heterocycles. The molecule has 1 amide bonds. The van der Waals surface area contributed by atoms with Crippen molar-refractivity contribution in [1.82, 2.24) is 14.9 Å². The molecule has 0 spiro atoms. The molecule has 0 bridgehead atoms. The predicted molar refractivity (Wildman–Crippen MR) is 112 cm³/mol. The van der Waals surface area contributed by atoms with Crippen molar-refractivity contribution in [2.45, 2.75) is 43.2 Å². The Morgan fingerprint density at radius 1 is 1.48 bits per heavy atom. The maximum Gasteiger partial charge on any atom is 0.362 e. The van der Waals surface area contributed by atoms with Crippen molar-refractivity contribution in [3.63, 3.8) is 0 Å². The summed E-state index contributed by atoms with van der Waals surface area (Å²) >= 11 is 1.47. The summed E-state index contributed by atoms with van der Waals surface area (Å²) in [7, 11) is -4.50. The number of thioether (sulfide) groups is 1. The minimum atomic E-state index is -4.50. The molecule has 16 heteroatoms. The summed E-state index contributed by atoms with van der Waals surface area (Å²) in [6.07, 6.45) is -1.01. The highest BCUT2D eigenvalue weighted by Gasteiger charge is 2.49. The lowest BCUT2D eigenvalue weighted by Crippen LogP contribution is -2.47. The van der Waals surface area contributed by atoms with Crippen molar-refractivity contribution in [3.05, 3.63) is 11.5 Å². The monoisotopic (exact) mass is 479 g/mol. The second-order valence-electron chi connectivity index (χ2n) is 6.93. The number of aliphatic hydroxyl groups is 2. The Morgan fingerprint density at radius 3 is 2.94 bits per heavy atom. The zero-order valence-electron chi connectivity index (χ0n) is 16.5. The van der Waals surface area contributed by atoms with Crippen molar-refractivity contribution >= 4 is 40.7 Å². The quantitative estimate of drug-likeness (QED) is 0.189. The van der Waals surface area contributed by atoms with Gasteiger partial charge in [-0.05, 0) is 18.4 Å². The predicted octanol–water partition coefficient (Wildman–Crippen LogP) is -3.68. The summed E-state index contributed by atoms with van der Waals surface area (Å²) < 4.78 is 36.1. The molecule has 0 aliphatic carbocycles. The average molecular weight is 480 g/mol. The van der Waals surface area contributed by atoms with E-state index in [1.54, 1.807) is 4.72 Å². The van der Waals surface area contributed by atoms with Crippen LogP contribution >= 0.6 is 11.8 Å². The standard InChI is InChI=1S/C15H25N7O7S2/c1-30-3-2-7(16)14(25)21-31(26,27)28-4-8-10(23)11(24)15(29-8)22-6-20-9-12(17)18-5-19-13(9)22/h5-8,10-11,13,15,23-24H,2-4,16-17H2,1H3,(H,18,19)(H,21,25). The highest BCUT2D eigenvalue weighted by atomic mass is 32.2. The molecule has 8 N–H and O–H groups in total. The van der Waals surface area contributed by atoms with Crippen LogP contribution in [0.3, 0.4) is 0 Å². The van der Waals surface area contributed by atoms with Crippen molar-refractivity contribution < 1.29 is 32.3 Å². The molecule has 0 radical (unpaired) electrons. The van der Waals surface area contributed by atoms with Gasteiger partial charge < -0.3 is 36.6 Å². The Morgan fingerprint density at radius 2 is 2.23 bits per heavy atom. The van der Waals surface area contributed by atoms with E-state index < -0.39 is 59.6 Å². The molecule has 14 nitrogen and oxygen atoms in total. The Bertz CT molecular complexity index is 881. The molecule has 1 saturated heterocycles. The number of amides is 1. The van der Waals surface area contributed by atoms with E-state index in [9.17, 15) is 23.4 Å². The number of aliphatic hydroxyl groups excluding tert-OH is 2. The van der Waals surface area contributed by atoms with Gasteiger partial charge in [0.05, 0.1) is 25.3 Å². The molecule has 0 aromatic carbocycles. The summed E-state index contributed by atoms with van der Waals surface area (Å²) in [5.41, 5.74) is 11.8. The third-order valence-electron chi connectivity index (χ3n) is 4.78. The number of hydrogen-bond donors (Lipinski definition) is 6. The van der Waals surface area contributed by atoms with Gasteiger partial charge in [0.25, 0.3) is 5.91 Å². The van der Waals surface area contributed by atoms with E-state index in [0.717, 1.165) is 0 Å². The lowest BCUT2D eigenvalue weighted by molar-refractivity contribution is -0.120. The number of rotatable bonds is 9. The molecular weight excluding hydrogens is 454 g/mol. The number of carbonyl (C=O) groups is 1. The van der Waals surface area contributed by atoms with E-state index in [1.807, 2.05) is 6.26 Å². The van der Waals surface area contributed by atoms with Gasteiger partial charge in [0, 0.05) is 0 Å². The fourth-order valence-electron chi connectivity index (χ4n) is 3.09. The molecule has 6 atom stereocenters. The number of aliphatic imine (C=N–C) groups is 2. The third kappa shape index (κ3) is 5.28. The first kappa shape index (κ1) is 23.7. The van der Waals surface area contributed by atoms with E-state index in [4.69, 9.17) is 20.4 Å². The molecule has 174 valence electrons. The third-order valence-corrected chi connectivity index (χ3v) is 6.32. The van der Waals surface area contributed by atoms with E-state index >= 15 is 0 Å². The fourth-order valence-corrected chi connectivity index (χ4v) is 4.35. The highest BCUT2D eigenvalue weighted by molar-refractivity contribution is 7.98. The maximum atomic E-state index is 12.0. The maximum absolute atomic E-state index is 12.0. The zero-order chi connectivity index (χ0) is 22.8. The van der Waals surface area contributed by atoms with Gasteiger partial charge in [-0.25, -0.2) is 14.7 Å². The second-order valence-corrected chi connectivity index (χ2v) is 9.26. The van der Waals surface area contributed by atoms with Crippen LogP contribution in [0.25, 0.3) is 0 Å². The number of ether oxygens (including phenoxy) is 1. The van der Waals surface area contributed by atoms with Gasteiger partial charge >= 0.3 is 10.3 Å². The first-order valence-electron chi connectivity index (χ1n) is 9.21. The first-order chi connectivity index (χ1) is 14.6. The van der Waals surface area contributed by atoms with E-state index in [2.05, 4.69) is 15.3 Å². The number of fused-ring (bicyclic) bond motifs is 1. The molecule has 3 heterocycles. The van der Waals surface area contributed by atoms with Crippen LogP contribution < -0.4 is 21.5 Å². The Labute approximate surface area is 183 Å². The van der Waals surface area contributed by atoms with Crippen molar-refractivity contribution in [2.75, 3.05) is 18.6 Å². The molecule has 3 rings (SSSR count). The molecule has 6 unspecified atom stereocenters. The Kier molecular flexibility index (Phi) is 7.40. The lowest BCUT2D eigenvalue weighted by atomic mass is 10.1. The summed E-state index contributed by atoms with van der Waals surface area (Å²) in [5, 5.41) is 23.4. The largest absolute Gasteiger partial charge is 0.387 e. The number of carbonyl (C=O) groups excluding carboxylic acids is 1. The van der Waals surface area contributed by atoms with Crippen LogP contribution in [0.15, 0.2) is 21.5 Å². The fraction of sp³-hybridized carbons (Fsp3) is 0.667. The second kappa shape index (κ2) is 9.68. The minimum absolute atomic E-state index is 0.282. The van der Waals surface area contributed by atoms with Crippen LogP contribution in [0.4, 0.5) is 0 Å². The smallest absolute Gasteiger partial charge is 0.362 e. The molecule has 1 fully saturated rings. The average Bonchev–Trinajstić information content (AvgIpc) is 3.27. The van der Waals surface area contributed by atoms with Crippen LogP contribution in [0.5, 0.6) is 0 Å². The van der Waals surface area contributed by atoms with Gasteiger partial charge in [-0.1, -0.05) is 0 Å². The SMILES string of the molecule is CSCCC(N)C(=O)NS(=O)(=O)OCC1OC(N2C=NC3=C(N)NC=NC32)C(O)C1O. The van der Waals surface area contributed by atoms with Gasteiger partial charge in [-0.15, -0.1) is 0 Å². The van der Waals surface area contributed by atoms with E-state index in [1.165, 1.54) is 29.3 Å². The van der Waals surface area contributed by atoms with Gasteiger partial charge in [0.15, 0.2) is 12.4 Å². The van der Waals surface area contributed by atoms with Gasteiger partial charge in [-0.3, -0.25) is 8.98 Å². The summed E-state index contributed by atoms with van der Waals surface area (Å²) in [4.78, 5) is 21.6. The molecule has 0 saturated carbocycles. The summed E-state index contributed by atoms with van der Waals surface area (Å²) in [5.74, 6) is -0.0431. The normalized spacial score (nSPS) is 31.0. The van der Waals surface area contributed by atoms with Crippen molar-refractivity contribution in [2.24, 2.45) is 21.5 Å². The topological polar surface area (TPSA) is 214 Å². The highest BCUT2D eigenvalue weighted by Crippen LogP contribution is 2.31. The van der Waals surface area contributed by atoms with Crippen LogP contribution in [0.1, 0.15) is 6.42 Å². The molecule has 3 aliphatic rings. The lowest BCUT2D eigenvalue weighted by Gasteiger charge is -2.30. The van der Waals surface area contributed by atoms with Gasteiger partial charge in [-0.2, -0.15) is 20.2 Å². The van der Waals surface area contributed by atoms with Crippen LogP contribution in [-0.4, -0.2) is 97.5 Å². The molecular formula is C15H25N7O7S2. The number of nitrogens with one attached hydrogen (secondary N) is 2. The zero-order valence-corrected chi connectivity index (χ0v) is 18.1. The summed E-state index contributed by atoms with van der Waals surface area (Å²) in [6, 6.07) is -1.01. The Balaban J connectivity index is 1.57. The van der Waals surface area contributed by atoms with Crippen LogP contribution in [0, 0.1) is 0 Å². The van der Waals surface area contributed by atoms with E-state index in [0.29, 0.717) is 17.9 Å². The van der Waals surface area contributed by atoms with Crippen molar-refractivity contribution in [1.29, 1.82) is 0 Å². The Hall–Kier alpha value is -1.95. The van der Waals surface area contributed by atoms with Crippen molar-refractivity contribution in [3.8, 4) is 0 Å². The molecule has 31 heavy (non-hydrogen) atoms. The number of nitrogens with two attached hydrogens (primary N) is 2. The first-order valence-corrected chi connectivity index (χ1v) is 12.0. The molecule has 0 aromatic rings. The minimum Gasteiger partial charge on any atom is -0.387 e.